The number of hydrogen-bond donors (Lipinski definition) is 0. The first-order chi connectivity index (χ1) is 10.4. The van der Waals surface area contributed by atoms with Gasteiger partial charge in [-0.15, -0.1) is 0 Å². The average Bonchev–Trinajstić information content (AvgIpc) is 2.63. The molecule has 128 valence electrons. The highest BCUT2D eigenvalue weighted by molar-refractivity contribution is 5.78. The lowest BCUT2D eigenvalue weighted by Crippen LogP contribution is -2.51. The van der Waals surface area contributed by atoms with Crippen LogP contribution in [-0.2, 0) is 9.53 Å². The summed E-state index contributed by atoms with van der Waals surface area (Å²) in [6, 6.07) is 0.330. The second-order valence-electron chi connectivity index (χ2n) is 7.37. The van der Waals surface area contributed by atoms with Crippen molar-refractivity contribution in [2.45, 2.75) is 51.7 Å². The summed E-state index contributed by atoms with van der Waals surface area (Å²) in [4.78, 5) is 19.5. The minimum absolute atomic E-state index is 0.109. The first-order valence-corrected chi connectivity index (χ1v) is 8.75. The van der Waals surface area contributed by atoms with Gasteiger partial charge in [0.15, 0.2) is 0 Å². The van der Waals surface area contributed by atoms with Gasteiger partial charge in [0.25, 0.3) is 0 Å². The Morgan fingerprint density at radius 1 is 1.27 bits per heavy atom. The van der Waals surface area contributed by atoms with E-state index in [1.54, 1.807) is 0 Å². The van der Waals surface area contributed by atoms with E-state index in [0.29, 0.717) is 12.6 Å². The highest BCUT2D eigenvalue weighted by Crippen LogP contribution is 2.27. The summed E-state index contributed by atoms with van der Waals surface area (Å²) in [6.45, 7) is 12.7. The molecule has 2 aliphatic heterocycles. The van der Waals surface area contributed by atoms with E-state index in [4.69, 9.17) is 4.74 Å². The maximum atomic E-state index is 12.8. The SMILES string of the molecule is CCN(C(=O)CN1CCCN(C)CC1)C1CCOC(C)(C)C1. The number of hydrogen-bond acceptors (Lipinski definition) is 4. The molecule has 0 aromatic carbocycles. The van der Waals surface area contributed by atoms with Crippen LogP contribution in [0.4, 0.5) is 0 Å². The molecule has 2 heterocycles. The van der Waals surface area contributed by atoms with Crippen LogP contribution in [0.1, 0.15) is 40.0 Å². The molecule has 2 rings (SSSR count). The molecule has 0 spiro atoms. The van der Waals surface area contributed by atoms with E-state index >= 15 is 0 Å². The topological polar surface area (TPSA) is 36.0 Å². The zero-order valence-corrected chi connectivity index (χ0v) is 14.8. The molecule has 5 heteroatoms. The predicted octanol–water partition coefficient (Wildman–Crippen LogP) is 1.43. The molecule has 0 aromatic heterocycles. The molecule has 1 atom stereocenters. The predicted molar refractivity (Wildman–Crippen MR) is 89.0 cm³/mol. The number of likely N-dealkylation sites (N-methyl/N-ethyl adjacent to an activating group) is 2. The number of rotatable bonds is 4. The van der Waals surface area contributed by atoms with Crippen LogP contribution in [0.5, 0.6) is 0 Å². The van der Waals surface area contributed by atoms with Crippen molar-refractivity contribution in [3.8, 4) is 0 Å². The van der Waals surface area contributed by atoms with Gasteiger partial charge in [0, 0.05) is 32.3 Å². The van der Waals surface area contributed by atoms with Crippen LogP contribution < -0.4 is 0 Å². The van der Waals surface area contributed by atoms with Gasteiger partial charge in [-0.2, -0.15) is 0 Å². The molecule has 2 saturated heterocycles. The molecule has 5 nitrogen and oxygen atoms in total. The summed E-state index contributed by atoms with van der Waals surface area (Å²) in [6.07, 6.45) is 3.06. The normalized spacial score (nSPS) is 27.4. The standard InChI is InChI=1S/C17H33N3O2/c1-5-20(15-7-12-22-17(2,3)13-15)16(21)14-19-9-6-8-18(4)10-11-19/h15H,5-14H2,1-4H3. The minimum Gasteiger partial charge on any atom is -0.375 e. The highest BCUT2D eigenvalue weighted by Gasteiger charge is 2.34. The zero-order valence-electron chi connectivity index (χ0n) is 14.8. The van der Waals surface area contributed by atoms with Crippen LogP contribution in [0.25, 0.3) is 0 Å². The Balaban J connectivity index is 1.91. The summed E-state index contributed by atoms with van der Waals surface area (Å²) in [5.41, 5.74) is -0.109. The fourth-order valence-corrected chi connectivity index (χ4v) is 3.64. The molecule has 1 unspecified atom stereocenters. The minimum atomic E-state index is -0.109. The first-order valence-electron chi connectivity index (χ1n) is 8.75. The molecule has 0 radical (unpaired) electrons. The van der Waals surface area contributed by atoms with E-state index in [-0.39, 0.29) is 11.5 Å². The van der Waals surface area contributed by atoms with Gasteiger partial charge in [-0.3, -0.25) is 9.69 Å². The lowest BCUT2D eigenvalue weighted by Gasteiger charge is -2.41. The van der Waals surface area contributed by atoms with Gasteiger partial charge in [-0.25, -0.2) is 0 Å². The van der Waals surface area contributed by atoms with Crippen molar-refractivity contribution < 1.29 is 9.53 Å². The van der Waals surface area contributed by atoms with Crippen molar-refractivity contribution in [1.82, 2.24) is 14.7 Å². The number of carbonyl (C=O) groups is 1. The Hall–Kier alpha value is -0.650. The van der Waals surface area contributed by atoms with Gasteiger partial charge >= 0.3 is 0 Å². The summed E-state index contributed by atoms with van der Waals surface area (Å²) >= 11 is 0. The van der Waals surface area contributed by atoms with Crippen LogP contribution in [0.15, 0.2) is 0 Å². The van der Waals surface area contributed by atoms with Crippen molar-refractivity contribution in [3.63, 3.8) is 0 Å². The molecule has 22 heavy (non-hydrogen) atoms. The largest absolute Gasteiger partial charge is 0.375 e. The van der Waals surface area contributed by atoms with Crippen molar-refractivity contribution in [2.75, 3.05) is 52.9 Å². The third-order valence-electron chi connectivity index (χ3n) is 4.94. The van der Waals surface area contributed by atoms with E-state index in [1.165, 1.54) is 0 Å². The fourth-order valence-electron chi connectivity index (χ4n) is 3.64. The Morgan fingerprint density at radius 3 is 2.73 bits per heavy atom. The summed E-state index contributed by atoms with van der Waals surface area (Å²) < 4.78 is 5.79. The van der Waals surface area contributed by atoms with Crippen LogP contribution in [0.3, 0.4) is 0 Å². The number of carbonyl (C=O) groups excluding carboxylic acids is 1. The third kappa shape index (κ3) is 4.93. The highest BCUT2D eigenvalue weighted by atomic mass is 16.5. The van der Waals surface area contributed by atoms with Crippen molar-refractivity contribution >= 4 is 5.91 Å². The number of amides is 1. The Labute approximate surface area is 135 Å². The lowest BCUT2D eigenvalue weighted by atomic mass is 9.92. The van der Waals surface area contributed by atoms with E-state index in [0.717, 1.165) is 58.6 Å². The molecular weight excluding hydrogens is 278 g/mol. The Kier molecular flexibility index (Phi) is 6.24. The van der Waals surface area contributed by atoms with Crippen molar-refractivity contribution in [2.24, 2.45) is 0 Å². The van der Waals surface area contributed by atoms with Crippen LogP contribution in [0, 0.1) is 0 Å². The molecule has 0 saturated carbocycles. The number of nitrogens with zero attached hydrogens (tertiary/aromatic N) is 3. The van der Waals surface area contributed by atoms with Crippen molar-refractivity contribution in [3.05, 3.63) is 0 Å². The second kappa shape index (κ2) is 7.75. The van der Waals surface area contributed by atoms with E-state index in [9.17, 15) is 4.79 Å². The summed E-state index contributed by atoms with van der Waals surface area (Å²) in [5, 5.41) is 0. The molecular formula is C17H33N3O2. The molecule has 0 aromatic rings. The monoisotopic (exact) mass is 311 g/mol. The lowest BCUT2D eigenvalue weighted by molar-refractivity contribution is -0.141. The zero-order chi connectivity index (χ0) is 16.2. The second-order valence-corrected chi connectivity index (χ2v) is 7.37. The van der Waals surface area contributed by atoms with E-state index in [1.807, 2.05) is 0 Å². The summed E-state index contributed by atoms with van der Waals surface area (Å²) in [7, 11) is 2.16. The van der Waals surface area contributed by atoms with Gasteiger partial charge in [-0.1, -0.05) is 0 Å². The van der Waals surface area contributed by atoms with E-state index < -0.39 is 0 Å². The molecule has 0 N–H and O–H groups in total. The van der Waals surface area contributed by atoms with Gasteiger partial charge < -0.3 is 14.5 Å². The average molecular weight is 311 g/mol. The molecule has 0 bridgehead atoms. The molecule has 1 amide bonds. The molecule has 2 fully saturated rings. The van der Waals surface area contributed by atoms with Gasteiger partial charge in [0.1, 0.15) is 0 Å². The smallest absolute Gasteiger partial charge is 0.236 e. The van der Waals surface area contributed by atoms with Crippen LogP contribution >= 0.6 is 0 Å². The quantitative estimate of drug-likeness (QED) is 0.787. The van der Waals surface area contributed by atoms with Gasteiger partial charge in [0.05, 0.1) is 12.1 Å². The third-order valence-corrected chi connectivity index (χ3v) is 4.94. The van der Waals surface area contributed by atoms with Gasteiger partial charge in [-0.05, 0) is 60.2 Å². The maximum absolute atomic E-state index is 12.8. The van der Waals surface area contributed by atoms with Crippen molar-refractivity contribution in [1.29, 1.82) is 0 Å². The molecule has 0 aliphatic carbocycles. The maximum Gasteiger partial charge on any atom is 0.236 e. The summed E-state index contributed by atoms with van der Waals surface area (Å²) in [5.74, 6) is 0.287. The fraction of sp³-hybridized carbons (Fsp3) is 0.941. The molecule has 2 aliphatic rings. The number of ether oxygens (including phenoxy) is 1. The van der Waals surface area contributed by atoms with Crippen LogP contribution in [-0.4, -0.2) is 85.2 Å². The Morgan fingerprint density at radius 2 is 2.05 bits per heavy atom. The first kappa shape index (κ1) is 17.7. The Bertz CT molecular complexity index is 373. The van der Waals surface area contributed by atoms with E-state index in [2.05, 4.69) is 42.5 Å². The van der Waals surface area contributed by atoms with Gasteiger partial charge in [0.2, 0.25) is 5.91 Å². The van der Waals surface area contributed by atoms with Crippen LogP contribution in [0.2, 0.25) is 0 Å².